The minimum atomic E-state index is -0.579. The van der Waals surface area contributed by atoms with Crippen molar-refractivity contribution in [3.8, 4) is 5.75 Å². The monoisotopic (exact) mass is 252 g/mol. The summed E-state index contributed by atoms with van der Waals surface area (Å²) in [5.74, 6) is 0.467. The molecule has 7 nitrogen and oxygen atoms in total. The van der Waals surface area contributed by atoms with Crippen LogP contribution in [-0.4, -0.2) is 30.2 Å². The van der Waals surface area contributed by atoms with Crippen molar-refractivity contribution in [2.75, 3.05) is 12.4 Å². The second-order valence-electron chi connectivity index (χ2n) is 3.55. The number of carbonyl (C=O) groups excluding carboxylic acids is 1. The molecule has 0 aliphatic carbocycles. The van der Waals surface area contributed by atoms with E-state index < -0.39 is 12.1 Å². The van der Waals surface area contributed by atoms with E-state index in [0.29, 0.717) is 11.4 Å². The van der Waals surface area contributed by atoms with E-state index >= 15 is 0 Å². The molecule has 1 aromatic carbocycles. The fraction of sp³-hybridized carbons (Fsp3) is 0.273. The predicted molar refractivity (Wildman–Crippen MR) is 68.0 cm³/mol. The molecule has 18 heavy (non-hydrogen) atoms. The van der Waals surface area contributed by atoms with Crippen LogP contribution in [0, 0.1) is 0 Å². The van der Waals surface area contributed by atoms with Crippen molar-refractivity contribution >= 4 is 17.6 Å². The van der Waals surface area contributed by atoms with Crippen molar-refractivity contribution in [1.29, 1.82) is 0 Å². The van der Waals surface area contributed by atoms with E-state index in [1.165, 1.54) is 7.11 Å². The zero-order valence-electron chi connectivity index (χ0n) is 10.2. The van der Waals surface area contributed by atoms with E-state index in [-0.39, 0.29) is 5.84 Å². The third-order valence-corrected chi connectivity index (χ3v) is 2.26. The van der Waals surface area contributed by atoms with Gasteiger partial charge in [-0.3, -0.25) is 0 Å². The van der Waals surface area contributed by atoms with E-state index in [0.717, 1.165) is 0 Å². The zero-order chi connectivity index (χ0) is 13.5. The van der Waals surface area contributed by atoms with Crippen LogP contribution >= 0.6 is 0 Å². The summed E-state index contributed by atoms with van der Waals surface area (Å²) < 4.78 is 5.09. The molecule has 0 saturated carbocycles. The molecule has 7 heteroatoms. The molecule has 1 aromatic rings. The van der Waals surface area contributed by atoms with Gasteiger partial charge >= 0.3 is 6.03 Å². The van der Waals surface area contributed by atoms with Crippen LogP contribution in [0.15, 0.2) is 29.4 Å². The van der Waals surface area contributed by atoms with E-state index in [2.05, 4.69) is 15.8 Å². The summed E-state index contributed by atoms with van der Waals surface area (Å²) in [6.07, 6.45) is 0. The number of amides is 2. The first-order chi connectivity index (χ1) is 8.58. The molecule has 0 aromatic heterocycles. The van der Waals surface area contributed by atoms with Gasteiger partial charge in [0.1, 0.15) is 5.75 Å². The number of methoxy groups -OCH3 is 1. The number of para-hydroxylation sites is 2. The molecule has 2 amide bonds. The Hall–Kier alpha value is -2.44. The van der Waals surface area contributed by atoms with Gasteiger partial charge in [0.15, 0.2) is 5.84 Å². The quantitative estimate of drug-likeness (QED) is 0.277. The zero-order valence-corrected chi connectivity index (χ0v) is 10.2. The van der Waals surface area contributed by atoms with Gasteiger partial charge < -0.3 is 26.3 Å². The third-order valence-electron chi connectivity index (χ3n) is 2.26. The maximum absolute atomic E-state index is 11.6. The van der Waals surface area contributed by atoms with Gasteiger partial charge in [-0.15, -0.1) is 0 Å². The highest BCUT2D eigenvalue weighted by Crippen LogP contribution is 2.22. The molecule has 0 heterocycles. The number of nitrogens with one attached hydrogen (secondary N) is 2. The van der Waals surface area contributed by atoms with Crippen molar-refractivity contribution in [2.45, 2.75) is 13.0 Å². The highest BCUT2D eigenvalue weighted by molar-refractivity contribution is 5.95. The number of urea groups is 1. The number of ether oxygens (including phenoxy) is 1. The van der Waals surface area contributed by atoms with Crippen molar-refractivity contribution in [3.05, 3.63) is 24.3 Å². The molecule has 1 rings (SSSR count). The average molecular weight is 252 g/mol. The molecule has 0 aliphatic rings. The Morgan fingerprint density at radius 2 is 2.17 bits per heavy atom. The summed E-state index contributed by atoms with van der Waals surface area (Å²) in [5.41, 5.74) is 5.88. The van der Waals surface area contributed by atoms with Crippen molar-refractivity contribution in [3.63, 3.8) is 0 Å². The smallest absolute Gasteiger partial charge is 0.319 e. The second kappa shape index (κ2) is 6.33. The standard InChI is InChI=1S/C11H16N4O3/c1-7(10(12)15-17)13-11(16)14-8-5-3-4-6-9(8)18-2/h3-7,17H,1-2H3,(H2,12,15)(H2,13,14,16). The maximum Gasteiger partial charge on any atom is 0.319 e. The summed E-state index contributed by atoms with van der Waals surface area (Å²) in [6.45, 7) is 1.59. The SMILES string of the molecule is COc1ccccc1NC(=O)NC(C)/C(N)=N/O. The Labute approximate surface area is 105 Å². The molecule has 0 bridgehead atoms. The molecule has 0 spiro atoms. The van der Waals surface area contributed by atoms with Gasteiger partial charge in [-0.2, -0.15) is 0 Å². The number of benzene rings is 1. The van der Waals surface area contributed by atoms with Gasteiger partial charge in [0.25, 0.3) is 0 Å². The first-order valence-electron chi connectivity index (χ1n) is 5.26. The van der Waals surface area contributed by atoms with E-state index in [1.54, 1.807) is 31.2 Å². The number of oxime groups is 1. The van der Waals surface area contributed by atoms with E-state index in [4.69, 9.17) is 15.7 Å². The normalized spacial score (nSPS) is 12.7. The molecule has 0 fully saturated rings. The largest absolute Gasteiger partial charge is 0.495 e. The predicted octanol–water partition coefficient (Wildman–Crippen LogP) is 0.952. The Bertz CT molecular complexity index is 448. The number of nitrogens with zero attached hydrogens (tertiary/aromatic N) is 1. The molecule has 5 N–H and O–H groups in total. The number of carbonyl (C=O) groups is 1. The lowest BCUT2D eigenvalue weighted by molar-refractivity contribution is 0.250. The molecule has 0 radical (unpaired) electrons. The molecular weight excluding hydrogens is 236 g/mol. The van der Waals surface area contributed by atoms with Gasteiger partial charge in [0, 0.05) is 0 Å². The minimum absolute atomic E-state index is 0.0785. The summed E-state index contributed by atoms with van der Waals surface area (Å²) >= 11 is 0. The number of anilines is 1. The van der Waals surface area contributed by atoms with Crippen molar-refractivity contribution in [1.82, 2.24) is 5.32 Å². The van der Waals surface area contributed by atoms with Crippen LogP contribution < -0.4 is 21.1 Å². The van der Waals surface area contributed by atoms with Gasteiger partial charge in [0.2, 0.25) is 0 Å². The van der Waals surface area contributed by atoms with Gasteiger partial charge in [-0.05, 0) is 19.1 Å². The van der Waals surface area contributed by atoms with Crippen LogP contribution in [0.1, 0.15) is 6.92 Å². The lowest BCUT2D eigenvalue weighted by atomic mass is 10.3. The average Bonchev–Trinajstić information content (AvgIpc) is 2.38. The number of rotatable bonds is 4. The number of hydrogen-bond acceptors (Lipinski definition) is 4. The minimum Gasteiger partial charge on any atom is -0.495 e. The third kappa shape index (κ3) is 3.55. The van der Waals surface area contributed by atoms with Gasteiger partial charge in [-0.25, -0.2) is 4.79 Å². The fourth-order valence-corrected chi connectivity index (χ4v) is 1.26. The highest BCUT2D eigenvalue weighted by atomic mass is 16.5. The topological polar surface area (TPSA) is 109 Å². The van der Waals surface area contributed by atoms with Crippen LogP contribution in [0.25, 0.3) is 0 Å². The number of amidine groups is 1. The van der Waals surface area contributed by atoms with E-state index in [1.807, 2.05) is 0 Å². The second-order valence-corrected chi connectivity index (χ2v) is 3.55. The number of hydrogen-bond donors (Lipinski definition) is 4. The lowest BCUT2D eigenvalue weighted by Crippen LogP contribution is -2.44. The lowest BCUT2D eigenvalue weighted by Gasteiger charge is -2.14. The highest BCUT2D eigenvalue weighted by Gasteiger charge is 2.12. The van der Waals surface area contributed by atoms with Crippen LogP contribution in [0.3, 0.4) is 0 Å². The summed E-state index contributed by atoms with van der Waals surface area (Å²) in [4.78, 5) is 11.6. The van der Waals surface area contributed by atoms with Crippen LogP contribution in [0.4, 0.5) is 10.5 Å². The molecular formula is C11H16N4O3. The first kappa shape index (κ1) is 13.6. The van der Waals surface area contributed by atoms with Crippen LogP contribution in [0.5, 0.6) is 5.75 Å². The maximum atomic E-state index is 11.6. The van der Waals surface area contributed by atoms with Crippen molar-refractivity contribution < 1.29 is 14.7 Å². The Morgan fingerprint density at radius 1 is 1.50 bits per heavy atom. The van der Waals surface area contributed by atoms with Crippen molar-refractivity contribution in [2.24, 2.45) is 10.9 Å². The molecule has 1 atom stereocenters. The molecule has 98 valence electrons. The van der Waals surface area contributed by atoms with Gasteiger partial charge in [-0.1, -0.05) is 17.3 Å². The van der Waals surface area contributed by atoms with Crippen LogP contribution in [0.2, 0.25) is 0 Å². The Morgan fingerprint density at radius 3 is 2.78 bits per heavy atom. The molecule has 0 aliphatic heterocycles. The van der Waals surface area contributed by atoms with E-state index in [9.17, 15) is 4.79 Å². The summed E-state index contributed by atoms with van der Waals surface area (Å²) in [5, 5.41) is 16.4. The van der Waals surface area contributed by atoms with Gasteiger partial charge in [0.05, 0.1) is 18.8 Å². The fourth-order valence-electron chi connectivity index (χ4n) is 1.26. The summed E-state index contributed by atoms with van der Waals surface area (Å²) in [7, 11) is 1.51. The van der Waals surface area contributed by atoms with Crippen LogP contribution in [-0.2, 0) is 0 Å². The summed E-state index contributed by atoms with van der Waals surface area (Å²) in [6, 6.07) is 5.93. The number of nitrogens with two attached hydrogens (primary N) is 1. The molecule has 0 saturated heterocycles. The Kier molecular flexibility index (Phi) is 4.79. The first-order valence-corrected chi connectivity index (χ1v) is 5.26. The molecule has 1 unspecified atom stereocenters. The Balaban J connectivity index is 2.65.